The Bertz CT molecular complexity index is 1680. The molecule has 0 saturated heterocycles. The Morgan fingerprint density at radius 2 is 1.83 bits per heavy atom. The van der Waals surface area contributed by atoms with E-state index >= 15 is 4.39 Å². The first-order chi connectivity index (χ1) is 19.8. The molecule has 0 radical (unpaired) electrons. The molecule has 1 aliphatic carbocycles. The largest absolute Gasteiger partial charge is 0.434 e. The Balaban J connectivity index is 1.71. The van der Waals surface area contributed by atoms with E-state index in [1.54, 1.807) is 0 Å². The van der Waals surface area contributed by atoms with Gasteiger partial charge in [-0.3, -0.25) is 14.2 Å². The van der Waals surface area contributed by atoms with Crippen LogP contribution >= 0.6 is 0 Å². The van der Waals surface area contributed by atoms with Crippen LogP contribution in [0.15, 0.2) is 41.7 Å². The van der Waals surface area contributed by atoms with Crippen molar-refractivity contribution in [1.29, 1.82) is 0 Å². The minimum Gasteiger partial charge on any atom is -0.383 e. The highest BCUT2D eigenvalue weighted by Gasteiger charge is 2.62. The van der Waals surface area contributed by atoms with Gasteiger partial charge in [-0.2, -0.15) is 26.3 Å². The van der Waals surface area contributed by atoms with Crippen molar-refractivity contribution in [3.05, 3.63) is 75.5 Å². The predicted octanol–water partition coefficient (Wildman–Crippen LogP) is 4.29. The Kier molecular flexibility index (Phi) is 7.55. The van der Waals surface area contributed by atoms with E-state index in [9.17, 15) is 31.1 Å². The average molecular weight is 600 g/mol. The highest BCUT2D eigenvalue weighted by molar-refractivity contribution is 5.63. The summed E-state index contributed by atoms with van der Waals surface area (Å²) in [5, 5.41) is 9.64. The third-order valence-corrected chi connectivity index (χ3v) is 6.90. The SMILES string of the molecule is COCCNCc1cc(C(F)(F)F)c2ncc(-c3cc([C@@](F)(c4nncn4C)C(F)(F)F)cc(C4CC4)n3)c(=O)n2c1. The lowest BCUT2D eigenvalue weighted by Gasteiger charge is -2.28. The van der Waals surface area contributed by atoms with E-state index in [1.807, 2.05) is 0 Å². The maximum atomic E-state index is 16.3. The second-order valence-corrected chi connectivity index (χ2v) is 9.96. The number of pyridine rings is 2. The number of methoxy groups -OCH3 is 1. The molecule has 4 aromatic rings. The van der Waals surface area contributed by atoms with Crippen LogP contribution < -0.4 is 10.9 Å². The summed E-state index contributed by atoms with van der Waals surface area (Å²) in [5.74, 6) is -1.32. The molecule has 1 aliphatic rings. The second-order valence-electron chi connectivity index (χ2n) is 9.96. The number of hydrogen-bond donors (Lipinski definition) is 1. The highest BCUT2D eigenvalue weighted by atomic mass is 19.4. The number of nitrogens with one attached hydrogen (secondary N) is 1. The second kappa shape index (κ2) is 10.7. The number of hydrogen-bond acceptors (Lipinski definition) is 7. The number of ether oxygens (including phenoxy) is 1. The maximum absolute atomic E-state index is 16.3. The number of nitrogens with zero attached hydrogens (tertiary/aromatic N) is 6. The molecule has 9 nitrogen and oxygen atoms in total. The Labute approximate surface area is 233 Å². The summed E-state index contributed by atoms with van der Waals surface area (Å²) in [4.78, 5) is 21.8. The molecule has 224 valence electrons. The number of aromatic nitrogens is 6. The fourth-order valence-electron chi connectivity index (χ4n) is 4.62. The molecule has 0 amide bonds. The lowest BCUT2D eigenvalue weighted by molar-refractivity contribution is -0.222. The fourth-order valence-corrected chi connectivity index (χ4v) is 4.62. The van der Waals surface area contributed by atoms with Gasteiger partial charge in [0.25, 0.3) is 11.2 Å². The summed E-state index contributed by atoms with van der Waals surface area (Å²) >= 11 is 0. The summed E-state index contributed by atoms with van der Waals surface area (Å²) in [6.07, 6.45) is -6.33. The lowest BCUT2D eigenvalue weighted by Crippen LogP contribution is -2.41. The summed E-state index contributed by atoms with van der Waals surface area (Å²) in [6, 6.07) is 2.58. The molecule has 1 atom stereocenters. The molecule has 0 spiro atoms. The van der Waals surface area contributed by atoms with E-state index in [1.165, 1.54) is 7.11 Å². The summed E-state index contributed by atoms with van der Waals surface area (Å²) in [6.45, 7) is 0.560. The molecule has 1 N–H and O–H groups in total. The van der Waals surface area contributed by atoms with Crippen LogP contribution in [0.25, 0.3) is 16.9 Å². The number of halogens is 7. The molecule has 4 heterocycles. The van der Waals surface area contributed by atoms with Gasteiger partial charge in [-0.05, 0) is 36.6 Å². The van der Waals surface area contributed by atoms with Gasteiger partial charge in [0.05, 0.1) is 23.4 Å². The lowest BCUT2D eigenvalue weighted by atomic mass is 9.92. The van der Waals surface area contributed by atoms with Crippen molar-refractivity contribution < 1.29 is 35.5 Å². The molecular weight excluding hydrogens is 575 g/mol. The van der Waals surface area contributed by atoms with Gasteiger partial charge in [0, 0.05) is 56.8 Å². The molecule has 42 heavy (non-hydrogen) atoms. The van der Waals surface area contributed by atoms with Gasteiger partial charge in [-0.15, -0.1) is 10.2 Å². The topological polar surface area (TPSA) is 99.2 Å². The predicted molar refractivity (Wildman–Crippen MR) is 134 cm³/mol. The number of aryl methyl sites for hydroxylation is 1. The first kappa shape index (κ1) is 29.6. The minimum absolute atomic E-state index is 0.0493. The summed E-state index contributed by atoms with van der Waals surface area (Å²) in [7, 11) is 2.61. The van der Waals surface area contributed by atoms with Crippen molar-refractivity contribution in [2.45, 2.75) is 43.3 Å². The summed E-state index contributed by atoms with van der Waals surface area (Å²) in [5.41, 5.74) is -8.51. The number of rotatable bonds is 9. The smallest absolute Gasteiger partial charge is 0.383 e. The van der Waals surface area contributed by atoms with Crippen LogP contribution in [-0.4, -0.2) is 55.6 Å². The summed E-state index contributed by atoms with van der Waals surface area (Å²) < 4.78 is 108. The molecule has 1 fully saturated rings. The Hall–Kier alpha value is -3.92. The highest BCUT2D eigenvalue weighted by Crippen LogP contribution is 2.49. The molecule has 0 bridgehead atoms. The van der Waals surface area contributed by atoms with Gasteiger partial charge in [0.2, 0.25) is 0 Å². The van der Waals surface area contributed by atoms with Crippen LogP contribution in [0.1, 0.15) is 47.0 Å². The van der Waals surface area contributed by atoms with E-state index < -0.39 is 51.7 Å². The van der Waals surface area contributed by atoms with E-state index in [2.05, 4.69) is 25.5 Å². The van der Waals surface area contributed by atoms with Gasteiger partial charge in [-0.1, -0.05) is 0 Å². The third kappa shape index (κ3) is 5.35. The van der Waals surface area contributed by atoms with E-state index in [-0.39, 0.29) is 29.4 Å². The van der Waals surface area contributed by atoms with Gasteiger partial charge in [0.15, 0.2) is 11.5 Å². The van der Waals surface area contributed by atoms with E-state index in [4.69, 9.17) is 4.74 Å². The normalized spacial score (nSPS) is 15.7. The molecular formula is C26H24F7N7O2. The third-order valence-electron chi connectivity index (χ3n) is 6.90. The molecule has 16 heteroatoms. The zero-order valence-corrected chi connectivity index (χ0v) is 22.2. The van der Waals surface area contributed by atoms with Crippen LogP contribution in [0.3, 0.4) is 0 Å². The first-order valence-electron chi connectivity index (χ1n) is 12.7. The average Bonchev–Trinajstić information content (AvgIpc) is 3.69. The van der Waals surface area contributed by atoms with Crippen LogP contribution in [0.4, 0.5) is 30.7 Å². The Morgan fingerprint density at radius 3 is 2.43 bits per heavy atom. The van der Waals surface area contributed by atoms with Crippen LogP contribution in [0.5, 0.6) is 0 Å². The van der Waals surface area contributed by atoms with E-state index in [0.717, 1.165) is 48.5 Å². The first-order valence-corrected chi connectivity index (χ1v) is 12.7. The van der Waals surface area contributed by atoms with Crippen molar-refractivity contribution in [2.75, 3.05) is 20.3 Å². The molecule has 4 aromatic heterocycles. The van der Waals surface area contributed by atoms with Gasteiger partial charge < -0.3 is 14.6 Å². The Morgan fingerprint density at radius 1 is 1.10 bits per heavy atom. The number of fused-ring (bicyclic) bond motifs is 1. The molecule has 1 saturated carbocycles. The van der Waals surface area contributed by atoms with Gasteiger partial charge >= 0.3 is 12.4 Å². The zero-order valence-electron chi connectivity index (χ0n) is 22.2. The van der Waals surface area contributed by atoms with Crippen LogP contribution in [-0.2, 0) is 30.2 Å². The monoisotopic (exact) mass is 599 g/mol. The van der Waals surface area contributed by atoms with Gasteiger partial charge in [-0.25, -0.2) is 9.37 Å². The van der Waals surface area contributed by atoms with Crippen molar-refractivity contribution >= 4 is 5.65 Å². The molecule has 0 unspecified atom stereocenters. The fraction of sp³-hybridized carbons (Fsp3) is 0.423. The quantitative estimate of drug-likeness (QED) is 0.226. The van der Waals surface area contributed by atoms with Crippen molar-refractivity contribution in [2.24, 2.45) is 7.05 Å². The molecule has 0 aromatic carbocycles. The van der Waals surface area contributed by atoms with Crippen molar-refractivity contribution in [3.8, 4) is 11.3 Å². The standard InChI is InChI=1S/C26H24F7N7O2/c1-39-13-36-38-23(39)24(27,26(31,32)33)16-8-19(15-3-4-15)37-20(9-16)17-11-35-21-18(25(28,29)30)7-14(10-34-5-6-42-2)12-40(21)22(17)41/h7-9,11-13,15,34H,3-6,10H2,1-2H3/t24-/m1/s1. The molecule has 5 rings (SSSR count). The van der Waals surface area contributed by atoms with Crippen molar-refractivity contribution in [1.82, 2.24) is 34.4 Å². The van der Waals surface area contributed by atoms with Crippen LogP contribution in [0.2, 0.25) is 0 Å². The minimum atomic E-state index is -5.49. The molecule has 0 aliphatic heterocycles. The van der Waals surface area contributed by atoms with Crippen LogP contribution in [0, 0.1) is 0 Å². The number of alkyl halides is 7. The maximum Gasteiger partial charge on any atom is 0.434 e. The van der Waals surface area contributed by atoms with E-state index in [0.29, 0.717) is 30.4 Å². The van der Waals surface area contributed by atoms with Gasteiger partial charge in [0.1, 0.15) is 6.33 Å². The van der Waals surface area contributed by atoms with Crippen molar-refractivity contribution in [3.63, 3.8) is 0 Å². The zero-order chi connectivity index (χ0) is 30.4.